The fraction of sp³-hybridized carbons (Fsp3) is 0.333. The molecular weight excluding hydrogens is 224 g/mol. The second-order valence-corrected chi connectivity index (χ2v) is 3.69. The van der Waals surface area contributed by atoms with Crippen molar-refractivity contribution in [2.24, 2.45) is 0 Å². The molecule has 1 aromatic carbocycles. The number of hydrogen-bond donors (Lipinski definition) is 0. The van der Waals surface area contributed by atoms with Gasteiger partial charge >= 0.3 is 0 Å². The van der Waals surface area contributed by atoms with Crippen LogP contribution in [0.4, 0.5) is 14.5 Å². The molecule has 0 aliphatic heterocycles. The molecule has 0 N–H and O–H groups in total. The van der Waals surface area contributed by atoms with E-state index in [-0.39, 0.29) is 23.7 Å². The summed E-state index contributed by atoms with van der Waals surface area (Å²) in [6.07, 6.45) is 0.206. The largest absolute Gasteiger partial charge is 0.368 e. The van der Waals surface area contributed by atoms with Crippen LogP contribution in [0.3, 0.4) is 0 Å². The summed E-state index contributed by atoms with van der Waals surface area (Å²) < 4.78 is 27.0. The lowest BCUT2D eigenvalue weighted by Gasteiger charge is -2.25. The van der Waals surface area contributed by atoms with E-state index in [0.717, 1.165) is 0 Å². The molecule has 0 aliphatic rings. The lowest BCUT2D eigenvalue weighted by Crippen LogP contribution is -2.29. The van der Waals surface area contributed by atoms with E-state index in [1.807, 2.05) is 6.07 Å². The summed E-state index contributed by atoms with van der Waals surface area (Å²) >= 11 is 0. The van der Waals surface area contributed by atoms with Gasteiger partial charge in [0.15, 0.2) is 11.6 Å². The van der Waals surface area contributed by atoms with Crippen molar-refractivity contribution in [1.29, 1.82) is 10.5 Å². The number of benzene rings is 1. The van der Waals surface area contributed by atoms with Crippen LogP contribution >= 0.6 is 0 Å². The van der Waals surface area contributed by atoms with Crippen molar-refractivity contribution in [2.75, 3.05) is 11.9 Å². The molecule has 1 atom stereocenters. The zero-order valence-corrected chi connectivity index (χ0v) is 9.54. The van der Waals surface area contributed by atoms with Crippen LogP contribution in [0.1, 0.15) is 18.9 Å². The molecule has 0 heterocycles. The third-order valence-corrected chi connectivity index (χ3v) is 2.61. The van der Waals surface area contributed by atoms with E-state index in [2.05, 4.69) is 0 Å². The molecule has 3 nitrogen and oxygen atoms in total. The van der Waals surface area contributed by atoms with Gasteiger partial charge in [0, 0.05) is 13.1 Å². The third-order valence-electron chi connectivity index (χ3n) is 2.61. The quantitative estimate of drug-likeness (QED) is 0.809. The second kappa shape index (κ2) is 5.27. The number of hydrogen-bond acceptors (Lipinski definition) is 3. The van der Waals surface area contributed by atoms with Crippen molar-refractivity contribution in [3.63, 3.8) is 0 Å². The fourth-order valence-corrected chi connectivity index (χ4v) is 1.40. The minimum Gasteiger partial charge on any atom is -0.368 e. The summed E-state index contributed by atoms with van der Waals surface area (Å²) in [6.45, 7) is 1.73. The molecule has 0 radical (unpaired) electrons. The minimum absolute atomic E-state index is 0.0456. The first-order chi connectivity index (χ1) is 8.02. The maximum atomic E-state index is 13.6. The van der Waals surface area contributed by atoms with Crippen molar-refractivity contribution in [3.05, 3.63) is 29.3 Å². The van der Waals surface area contributed by atoms with Crippen molar-refractivity contribution >= 4 is 5.69 Å². The Kier molecular flexibility index (Phi) is 4.01. The predicted octanol–water partition coefficient (Wildman–Crippen LogP) is 2.57. The topological polar surface area (TPSA) is 50.8 Å². The third kappa shape index (κ3) is 2.51. The average molecular weight is 235 g/mol. The SMILES string of the molecule is CC(CC#N)N(C)c1ccc(C#N)c(F)c1F. The molecule has 1 rings (SSSR count). The Morgan fingerprint density at radius 2 is 1.94 bits per heavy atom. The molecule has 5 heteroatoms. The lowest BCUT2D eigenvalue weighted by molar-refractivity contribution is 0.502. The Balaban J connectivity index is 3.13. The number of anilines is 1. The Labute approximate surface area is 98.5 Å². The van der Waals surface area contributed by atoms with Gasteiger partial charge < -0.3 is 4.90 Å². The van der Waals surface area contributed by atoms with Crippen LogP contribution in [0.5, 0.6) is 0 Å². The van der Waals surface area contributed by atoms with Crippen LogP contribution < -0.4 is 4.90 Å². The van der Waals surface area contributed by atoms with Crippen LogP contribution in [-0.4, -0.2) is 13.1 Å². The highest BCUT2D eigenvalue weighted by Crippen LogP contribution is 2.24. The number of rotatable bonds is 3. The van der Waals surface area contributed by atoms with E-state index in [4.69, 9.17) is 10.5 Å². The van der Waals surface area contributed by atoms with E-state index in [0.29, 0.717) is 0 Å². The summed E-state index contributed by atoms with van der Waals surface area (Å²) in [7, 11) is 1.58. The molecule has 1 aromatic rings. The molecule has 0 saturated heterocycles. The highest BCUT2D eigenvalue weighted by molar-refractivity contribution is 5.52. The summed E-state index contributed by atoms with van der Waals surface area (Å²) in [5.74, 6) is -2.21. The van der Waals surface area contributed by atoms with Crippen molar-refractivity contribution in [1.82, 2.24) is 0 Å². The van der Waals surface area contributed by atoms with Gasteiger partial charge in [0.25, 0.3) is 0 Å². The summed E-state index contributed by atoms with van der Waals surface area (Å²) in [6, 6.07) is 5.86. The molecule has 0 aromatic heterocycles. The predicted molar refractivity (Wildman–Crippen MR) is 59.2 cm³/mol. The van der Waals surface area contributed by atoms with Gasteiger partial charge in [0.2, 0.25) is 0 Å². The zero-order chi connectivity index (χ0) is 13.0. The number of nitrogens with zero attached hydrogens (tertiary/aromatic N) is 3. The first-order valence-corrected chi connectivity index (χ1v) is 5.00. The molecule has 0 fully saturated rings. The standard InChI is InChI=1S/C12H11F2N3/c1-8(5-6-15)17(2)10-4-3-9(7-16)11(13)12(10)14/h3-4,8H,5H2,1-2H3. The van der Waals surface area contributed by atoms with Gasteiger partial charge in [-0.3, -0.25) is 0 Å². The van der Waals surface area contributed by atoms with E-state index in [1.54, 1.807) is 20.0 Å². The van der Waals surface area contributed by atoms with Gasteiger partial charge in [-0.2, -0.15) is 10.5 Å². The van der Waals surface area contributed by atoms with Crippen LogP contribution in [-0.2, 0) is 0 Å². The summed E-state index contributed by atoms with van der Waals surface area (Å²) in [4.78, 5) is 1.47. The molecule has 0 aliphatic carbocycles. The van der Waals surface area contributed by atoms with Crippen LogP contribution in [0.2, 0.25) is 0 Å². The van der Waals surface area contributed by atoms with Crippen molar-refractivity contribution in [2.45, 2.75) is 19.4 Å². The smallest absolute Gasteiger partial charge is 0.183 e. The van der Waals surface area contributed by atoms with Gasteiger partial charge in [-0.1, -0.05) is 0 Å². The van der Waals surface area contributed by atoms with Gasteiger partial charge in [0.1, 0.15) is 6.07 Å². The maximum absolute atomic E-state index is 13.6. The Morgan fingerprint density at radius 3 is 2.47 bits per heavy atom. The zero-order valence-electron chi connectivity index (χ0n) is 9.54. The highest BCUT2D eigenvalue weighted by atomic mass is 19.2. The minimum atomic E-state index is -1.15. The Bertz CT molecular complexity index is 500. The molecular formula is C12H11F2N3. The molecule has 88 valence electrons. The maximum Gasteiger partial charge on any atom is 0.183 e. The van der Waals surface area contributed by atoms with E-state index in [1.165, 1.54) is 17.0 Å². The first kappa shape index (κ1) is 12.9. The van der Waals surface area contributed by atoms with Crippen LogP contribution in [0.15, 0.2) is 12.1 Å². The van der Waals surface area contributed by atoms with Gasteiger partial charge in [-0.05, 0) is 19.1 Å². The molecule has 0 saturated carbocycles. The van der Waals surface area contributed by atoms with Crippen molar-refractivity contribution < 1.29 is 8.78 Å². The molecule has 0 amide bonds. The number of nitriles is 2. The van der Waals surface area contributed by atoms with Crippen LogP contribution in [0, 0.1) is 34.3 Å². The molecule has 0 bridgehead atoms. The average Bonchev–Trinajstić information content (AvgIpc) is 2.32. The van der Waals surface area contributed by atoms with Gasteiger partial charge in [-0.25, -0.2) is 8.78 Å². The van der Waals surface area contributed by atoms with E-state index < -0.39 is 11.6 Å². The lowest BCUT2D eigenvalue weighted by atomic mass is 10.1. The van der Waals surface area contributed by atoms with Crippen molar-refractivity contribution in [3.8, 4) is 12.1 Å². The van der Waals surface area contributed by atoms with E-state index in [9.17, 15) is 8.78 Å². The summed E-state index contributed by atoms with van der Waals surface area (Å²) in [5, 5.41) is 17.1. The molecule has 17 heavy (non-hydrogen) atoms. The first-order valence-electron chi connectivity index (χ1n) is 5.00. The Morgan fingerprint density at radius 1 is 1.29 bits per heavy atom. The monoisotopic (exact) mass is 235 g/mol. The summed E-state index contributed by atoms with van der Waals surface area (Å²) in [5.41, 5.74) is -0.281. The molecule has 1 unspecified atom stereocenters. The Hall–Kier alpha value is -2.14. The highest BCUT2D eigenvalue weighted by Gasteiger charge is 2.18. The fourth-order valence-electron chi connectivity index (χ4n) is 1.40. The second-order valence-electron chi connectivity index (χ2n) is 3.69. The van der Waals surface area contributed by atoms with Gasteiger partial charge in [-0.15, -0.1) is 0 Å². The normalized spacial score (nSPS) is 11.4. The van der Waals surface area contributed by atoms with E-state index >= 15 is 0 Å². The molecule has 0 spiro atoms. The van der Waals surface area contributed by atoms with Crippen LogP contribution in [0.25, 0.3) is 0 Å². The number of halogens is 2. The van der Waals surface area contributed by atoms with Gasteiger partial charge in [0.05, 0.1) is 23.7 Å².